The molecule has 1 rings (SSSR count). The molecular weight excluding hydrogens is 264 g/mol. The zero-order valence-corrected chi connectivity index (χ0v) is 11.0. The first-order valence-electron chi connectivity index (χ1n) is 5.37. The molecule has 0 heterocycles. The van der Waals surface area contributed by atoms with Gasteiger partial charge in [0.2, 0.25) is 0 Å². The van der Waals surface area contributed by atoms with Gasteiger partial charge in [-0.1, -0.05) is 34.1 Å². The van der Waals surface area contributed by atoms with E-state index in [0.29, 0.717) is 0 Å². The van der Waals surface area contributed by atoms with Crippen LogP contribution in [0.1, 0.15) is 25.3 Å². The number of hydrogen-bond acceptors (Lipinski definition) is 2. The fourth-order valence-corrected chi connectivity index (χ4v) is 1.99. The van der Waals surface area contributed by atoms with Crippen molar-refractivity contribution >= 4 is 15.9 Å². The summed E-state index contributed by atoms with van der Waals surface area (Å²) in [6.45, 7) is 1.86. The summed E-state index contributed by atoms with van der Waals surface area (Å²) >= 11 is 3.54. The Kier molecular flexibility index (Phi) is 6.17. The molecule has 16 heavy (non-hydrogen) atoms. The van der Waals surface area contributed by atoms with Gasteiger partial charge in [0.25, 0.3) is 0 Å². The summed E-state index contributed by atoms with van der Waals surface area (Å²) in [5.41, 5.74) is 4.12. The molecule has 3 heteroatoms. The Labute approximate surface area is 106 Å². The SMILES string of the molecule is CC#CCCC(Cc1ccccc1Br)NN. The molecule has 2 nitrogen and oxygen atoms in total. The standard InChI is InChI=1S/C13H17BrN2/c1-2-3-4-8-12(16-15)10-11-7-5-6-9-13(11)14/h5-7,9,12,16H,4,8,10,15H2,1H3. The van der Waals surface area contributed by atoms with Crippen molar-refractivity contribution in [2.24, 2.45) is 5.84 Å². The third kappa shape index (κ3) is 4.36. The van der Waals surface area contributed by atoms with Crippen LogP contribution in [0, 0.1) is 11.8 Å². The molecule has 1 atom stereocenters. The number of hydrogen-bond donors (Lipinski definition) is 2. The molecule has 0 spiro atoms. The summed E-state index contributed by atoms with van der Waals surface area (Å²) in [5.74, 6) is 11.5. The van der Waals surface area contributed by atoms with Gasteiger partial charge in [-0.25, -0.2) is 0 Å². The Morgan fingerprint density at radius 1 is 1.44 bits per heavy atom. The third-order valence-electron chi connectivity index (χ3n) is 2.45. The normalized spacial score (nSPS) is 11.7. The molecule has 0 radical (unpaired) electrons. The summed E-state index contributed by atoms with van der Waals surface area (Å²) < 4.78 is 1.14. The topological polar surface area (TPSA) is 38.0 Å². The first-order chi connectivity index (χ1) is 7.77. The average molecular weight is 281 g/mol. The highest BCUT2D eigenvalue weighted by atomic mass is 79.9. The van der Waals surface area contributed by atoms with Crippen molar-refractivity contribution in [3.8, 4) is 11.8 Å². The van der Waals surface area contributed by atoms with E-state index >= 15 is 0 Å². The van der Waals surface area contributed by atoms with Gasteiger partial charge in [0, 0.05) is 16.9 Å². The molecule has 1 unspecified atom stereocenters. The second-order valence-electron chi connectivity index (χ2n) is 3.62. The molecule has 0 fully saturated rings. The first kappa shape index (κ1) is 13.2. The Balaban J connectivity index is 2.55. The van der Waals surface area contributed by atoms with E-state index in [9.17, 15) is 0 Å². The molecule has 86 valence electrons. The quantitative estimate of drug-likeness (QED) is 0.494. The van der Waals surface area contributed by atoms with Crippen molar-refractivity contribution in [1.82, 2.24) is 5.43 Å². The van der Waals surface area contributed by atoms with E-state index in [1.165, 1.54) is 5.56 Å². The van der Waals surface area contributed by atoms with E-state index in [2.05, 4.69) is 45.3 Å². The van der Waals surface area contributed by atoms with Gasteiger partial charge in [-0.15, -0.1) is 11.8 Å². The molecule has 1 aromatic carbocycles. The van der Waals surface area contributed by atoms with Crippen LogP contribution in [0.3, 0.4) is 0 Å². The lowest BCUT2D eigenvalue weighted by Crippen LogP contribution is -2.36. The van der Waals surface area contributed by atoms with E-state index < -0.39 is 0 Å². The first-order valence-corrected chi connectivity index (χ1v) is 6.16. The van der Waals surface area contributed by atoms with Crippen LogP contribution < -0.4 is 11.3 Å². The van der Waals surface area contributed by atoms with Crippen LogP contribution in [0.25, 0.3) is 0 Å². The van der Waals surface area contributed by atoms with Gasteiger partial charge in [0.15, 0.2) is 0 Å². The average Bonchev–Trinajstić information content (AvgIpc) is 2.30. The Bertz CT molecular complexity index is 379. The van der Waals surface area contributed by atoms with Gasteiger partial charge in [-0.05, 0) is 31.4 Å². The lowest BCUT2D eigenvalue weighted by atomic mass is 10.0. The summed E-state index contributed by atoms with van der Waals surface area (Å²) in [4.78, 5) is 0. The molecule has 0 aliphatic heterocycles. The van der Waals surface area contributed by atoms with Crippen LogP contribution in [0.5, 0.6) is 0 Å². The molecular formula is C13H17BrN2. The smallest absolute Gasteiger partial charge is 0.0260 e. The van der Waals surface area contributed by atoms with Crippen molar-refractivity contribution in [2.75, 3.05) is 0 Å². The predicted octanol–water partition coefficient (Wildman–Crippen LogP) is 2.63. The monoisotopic (exact) mass is 280 g/mol. The molecule has 0 saturated carbocycles. The van der Waals surface area contributed by atoms with Gasteiger partial charge >= 0.3 is 0 Å². The zero-order valence-electron chi connectivity index (χ0n) is 9.46. The van der Waals surface area contributed by atoms with Gasteiger partial charge in [0.1, 0.15) is 0 Å². The van der Waals surface area contributed by atoms with Crippen molar-refractivity contribution in [1.29, 1.82) is 0 Å². The molecule has 0 aliphatic rings. The number of hydrazine groups is 1. The highest BCUT2D eigenvalue weighted by Gasteiger charge is 2.08. The van der Waals surface area contributed by atoms with Gasteiger partial charge < -0.3 is 0 Å². The van der Waals surface area contributed by atoms with Crippen LogP contribution >= 0.6 is 15.9 Å². The molecule has 1 aromatic rings. The third-order valence-corrected chi connectivity index (χ3v) is 3.23. The molecule has 0 amide bonds. The summed E-state index contributed by atoms with van der Waals surface area (Å²) in [5, 5.41) is 0. The number of halogens is 1. The van der Waals surface area contributed by atoms with Crippen molar-refractivity contribution < 1.29 is 0 Å². The highest BCUT2D eigenvalue weighted by molar-refractivity contribution is 9.10. The maximum atomic E-state index is 5.54. The minimum absolute atomic E-state index is 0.277. The van der Waals surface area contributed by atoms with Crippen LogP contribution in [-0.4, -0.2) is 6.04 Å². The van der Waals surface area contributed by atoms with Crippen LogP contribution in [-0.2, 0) is 6.42 Å². The number of nitrogens with one attached hydrogen (secondary N) is 1. The van der Waals surface area contributed by atoms with E-state index in [1.807, 2.05) is 19.1 Å². The minimum Gasteiger partial charge on any atom is -0.271 e. The lowest BCUT2D eigenvalue weighted by molar-refractivity contribution is 0.497. The van der Waals surface area contributed by atoms with Gasteiger partial charge in [-0.2, -0.15) is 0 Å². The zero-order chi connectivity index (χ0) is 11.8. The Morgan fingerprint density at radius 3 is 2.81 bits per heavy atom. The lowest BCUT2D eigenvalue weighted by Gasteiger charge is -2.15. The summed E-state index contributed by atoms with van der Waals surface area (Å²) in [7, 11) is 0. The second-order valence-corrected chi connectivity index (χ2v) is 4.48. The van der Waals surface area contributed by atoms with Crippen LogP contribution in [0.15, 0.2) is 28.7 Å². The Hall–Kier alpha value is -0.820. The largest absolute Gasteiger partial charge is 0.271 e. The minimum atomic E-state index is 0.277. The van der Waals surface area contributed by atoms with Crippen molar-refractivity contribution in [3.05, 3.63) is 34.3 Å². The molecule has 0 aromatic heterocycles. The predicted molar refractivity (Wildman–Crippen MR) is 71.6 cm³/mol. The van der Waals surface area contributed by atoms with E-state index in [1.54, 1.807) is 0 Å². The molecule has 0 saturated heterocycles. The van der Waals surface area contributed by atoms with Gasteiger partial charge in [0.05, 0.1) is 0 Å². The number of rotatable bonds is 5. The number of benzene rings is 1. The van der Waals surface area contributed by atoms with Crippen LogP contribution in [0.2, 0.25) is 0 Å². The van der Waals surface area contributed by atoms with E-state index in [4.69, 9.17) is 5.84 Å². The highest BCUT2D eigenvalue weighted by Crippen LogP contribution is 2.18. The molecule has 0 bridgehead atoms. The maximum Gasteiger partial charge on any atom is 0.0260 e. The molecule has 3 N–H and O–H groups in total. The second kappa shape index (κ2) is 7.45. The summed E-state index contributed by atoms with van der Waals surface area (Å²) in [6, 6.07) is 8.49. The fourth-order valence-electron chi connectivity index (χ4n) is 1.55. The van der Waals surface area contributed by atoms with E-state index in [0.717, 1.165) is 23.7 Å². The van der Waals surface area contributed by atoms with E-state index in [-0.39, 0.29) is 6.04 Å². The molecule has 0 aliphatic carbocycles. The Morgan fingerprint density at radius 2 is 2.19 bits per heavy atom. The van der Waals surface area contributed by atoms with Crippen molar-refractivity contribution in [2.45, 2.75) is 32.2 Å². The summed E-state index contributed by atoms with van der Waals surface area (Å²) in [6.07, 6.45) is 2.78. The maximum absolute atomic E-state index is 5.54. The van der Waals surface area contributed by atoms with Crippen molar-refractivity contribution in [3.63, 3.8) is 0 Å². The number of nitrogens with two attached hydrogens (primary N) is 1. The van der Waals surface area contributed by atoms with Crippen LogP contribution in [0.4, 0.5) is 0 Å². The van der Waals surface area contributed by atoms with Gasteiger partial charge in [-0.3, -0.25) is 11.3 Å². The fraction of sp³-hybridized carbons (Fsp3) is 0.385.